The van der Waals surface area contributed by atoms with Crippen LogP contribution in [0.5, 0.6) is 0 Å². The van der Waals surface area contributed by atoms with Crippen LogP contribution in [-0.4, -0.2) is 47.2 Å². The molecular weight excluding hydrogens is 460 g/mol. The summed E-state index contributed by atoms with van der Waals surface area (Å²) in [7, 11) is -3.57. The molecule has 0 radical (unpaired) electrons. The molecule has 1 unspecified atom stereocenters. The number of benzene rings is 2. The third-order valence-corrected chi connectivity index (χ3v) is 8.24. The molecule has 1 saturated heterocycles. The standard InChI is InChI=1S/C23H26N4O4S2/c1-16-9-11-18(12-10-16)22-25-26-23(31-22)32-17(2)21(28)24-19-7-6-8-20(15-19)33(29,30)27-13-4-3-5-14-27/h6-12,15,17H,3-5,13-14H2,1-2H3,(H,24,28). The molecule has 174 valence electrons. The molecule has 8 nitrogen and oxygen atoms in total. The third-order valence-electron chi connectivity index (χ3n) is 5.41. The highest BCUT2D eigenvalue weighted by molar-refractivity contribution is 8.00. The van der Waals surface area contributed by atoms with E-state index in [2.05, 4.69) is 15.5 Å². The quantitative estimate of drug-likeness (QED) is 0.495. The van der Waals surface area contributed by atoms with Gasteiger partial charge in [0.25, 0.3) is 5.22 Å². The van der Waals surface area contributed by atoms with Gasteiger partial charge in [0.1, 0.15) is 0 Å². The SMILES string of the molecule is Cc1ccc(-c2nnc(SC(C)C(=O)Nc3cccc(S(=O)(=O)N4CCCCC4)c3)o2)cc1. The van der Waals surface area contributed by atoms with E-state index in [4.69, 9.17) is 4.42 Å². The molecule has 0 spiro atoms. The Bertz CT molecular complexity index is 1220. The summed E-state index contributed by atoms with van der Waals surface area (Å²) in [5, 5.41) is 10.6. The predicted octanol–water partition coefficient (Wildman–Crippen LogP) is 4.34. The smallest absolute Gasteiger partial charge is 0.277 e. The van der Waals surface area contributed by atoms with Gasteiger partial charge < -0.3 is 9.73 Å². The number of aromatic nitrogens is 2. The van der Waals surface area contributed by atoms with Crippen LogP contribution in [0.3, 0.4) is 0 Å². The number of hydrogen-bond donors (Lipinski definition) is 1. The highest BCUT2D eigenvalue weighted by Gasteiger charge is 2.26. The Kier molecular flexibility index (Phi) is 7.16. The minimum absolute atomic E-state index is 0.183. The summed E-state index contributed by atoms with van der Waals surface area (Å²) in [6, 6.07) is 14.1. The average Bonchev–Trinajstić information content (AvgIpc) is 3.28. The minimum Gasteiger partial charge on any atom is -0.411 e. The van der Waals surface area contributed by atoms with Gasteiger partial charge in [-0.2, -0.15) is 4.31 Å². The van der Waals surface area contributed by atoms with Crippen LogP contribution >= 0.6 is 11.8 Å². The number of aryl methyl sites for hydroxylation is 1. The van der Waals surface area contributed by atoms with Crippen LogP contribution in [-0.2, 0) is 14.8 Å². The van der Waals surface area contributed by atoms with Gasteiger partial charge in [0.05, 0.1) is 10.1 Å². The first-order chi connectivity index (χ1) is 15.8. The van der Waals surface area contributed by atoms with Crippen molar-refractivity contribution in [1.29, 1.82) is 0 Å². The van der Waals surface area contributed by atoms with E-state index < -0.39 is 15.3 Å². The molecule has 1 fully saturated rings. The van der Waals surface area contributed by atoms with Gasteiger partial charge in [-0.05, 0) is 57.0 Å². The number of hydrogen-bond acceptors (Lipinski definition) is 7. The lowest BCUT2D eigenvalue weighted by molar-refractivity contribution is -0.115. The summed E-state index contributed by atoms with van der Waals surface area (Å²) in [6.07, 6.45) is 2.78. The lowest BCUT2D eigenvalue weighted by atomic mass is 10.1. The molecule has 4 rings (SSSR count). The molecule has 2 heterocycles. The van der Waals surface area contributed by atoms with Gasteiger partial charge in [-0.25, -0.2) is 8.42 Å². The van der Waals surface area contributed by atoms with E-state index in [9.17, 15) is 13.2 Å². The molecule has 1 aromatic heterocycles. The zero-order valence-corrected chi connectivity index (χ0v) is 20.2. The Hall–Kier alpha value is -2.69. The number of piperidine rings is 1. The molecule has 33 heavy (non-hydrogen) atoms. The first-order valence-corrected chi connectivity index (χ1v) is 13.1. The summed E-state index contributed by atoms with van der Waals surface area (Å²) >= 11 is 1.14. The molecule has 1 atom stereocenters. The largest absolute Gasteiger partial charge is 0.411 e. The van der Waals surface area contributed by atoms with Crippen LogP contribution in [0.2, 0.25) is 0 Å². The normalized spacial score (nSPS) is 15.8. The van der Waals surface area contributed by atoms with Gasteiger partial charge >= 0.3 is 0 Å². The number of nitrogens with one attached hydrogen (secondary N) is 1. The van der Waals surface area contributed by atoms with Crippen molar-refractivity contribution in [1.82, 2.24) is 14.5 Å². The highest BCUT2D eigenvalue weighted by Crippen LogP contribution is 2.28. The van der Waals surface area contributed by atoms with Gasteiger partial charge in [0.2, 0.25) is 21.8 Å². The van der Waals surface area contributed by atoms with E-state index in [0.29, 0.717) is 24.7 Å². The van der Waals surface area contributed by atoms with Crippen LogP contribution in [0.15, 0.2) is 63.1 Å². The van der Waals surface area contributed by atoms with Crippen molar-refractivity contribution < 1.29 is 17.6 Å². The lowest BCUT2D eigenvalue weighted by Crippen LogP contribution is -2.35. The number of sulfonamides is 1. The fraction of sp³-hybridized carbons (Fsp3) is 0.348. The highest BCUT2D eigenvalue weighted by atomic mass is 32.2. The zero-order chi connectivity index (χ0) is 23.4. The van der Waals surface area contributed by atoms with Crippen LogP contribution in [0.25, 0.3) is 11.5 Å². The van der Waals surface area contributed by atoms with Crippen molar-refractivity contribution in [3.05, 3.63) is 54.1 Å². The van der Waals surface area contributed by atoms with E-state index in [0.717, 1.165) is 42.2 Å². The Balaban J connectivity index is 1.40. The predicted molar refractivity (Wildman–Crippen MR) is 127 cm³/mol. The Labute approximate surface area is 197 Å². The third kappa shape index (κ3) is 5.63. The Morgan fingerprint density at radius 3 is 2.55 bits per heavy atom. The van der Waals surface area contributed by atoms with Crippen molar-refractivity contribution in [3.63, 3.8) is 0 Å². The monoisotopic (exact) mass is 486 g/mol. The number of thioether (sulfide) groups is 1. The minimum atomic E-state index is -3.57. The maximum Gasteiger partial charge on any atom is 0.277 e. The maximum atomic E-state index is 12.9. The van der Waals surface area contributed by atoms with Crippen molar-refractivity contribution in [2.45, 2.75) is 48.5 Å². The second-order valence-corrected chi connectivity index (χ2v) is 11.2. The molecular formula is C23H26N4O4S2. The zero-order valence-electron chi connectivity index (χ0n) is 18.5. The average molecular weight is 487 g/mol. The van der Waals surface area contributed by atoms with E-state index in [1.807, 2.05) is 31.2 Å². The number of carbonyl (C=O) groups excluding carboxylic acids is 1. The van der Waals surface area contributed by atoms with E-state index in [-0.39, 0.29) is 16.0 Å². The number of carbonyl (C=O) groups is 1. The first-order valence-electron chi connectivity index (χ1n) is 10.8. The van der Waals surface area contributed by atoms with Crippen molar-refractivity contribution in [2.75, 3.05) is 18.4 Å². The fourth-order valence-electron chi connectivity index (χ4n) is 3.51. The molecule has 1 amide bonds. The van der Waals surface area contributed by atoms with Crippen LogP contribution < -0.4 is 5.32 Å². The molecule has 2 aromatic carbocycles. The van der Waals surface area contributed by atoms with Gasteiger partial charge in [-0.3, -0.25) is 4.79 Å². The van der Waals surface area contributed by atoms with Gasteiger partial charge in [0, 0.05) is 24.3 Å². The number of anilines is 1. The van der Waals surface area contributed by atoms with E-state index >= 15 is 0 Å². The second-order valence-electron chi connectivity index (χ2n) is 7.98. The number of amides is 1. The molecule has 0 aliphatic carbocycles. The van der Waals surface area contributed by atoms with Gasteiger partial charge in [-0.15, -0.1) is 10.2 Å². The molecule has 10 heteroatoms. The molecule has 0 saturated carbocycles. The van der Waals surface area contributed by atoms with E-state index in [1.54, 1.807) is 25.1 Å². The summed E-state index contributed by atoms with van der Waals surface area (Å²) in [6.45, 7) is 4.78. The van der Waals surface area contributed by atoms with E-state index in [1.165, 1.54) is 10.4 Å². The lowest BCUT2D eigenvalue weighted by Gasteiger charge is -2.26. The van der Waals surface area contributed by atoms with Gasteiger partial charge in [-0.1, -0.05) is 41.9 Å². The summed E-state index contributed by atoms with van der Waals surface area (Å²) in [5.74, 6) is 0.100. The molecule has 0 bridgehead atoms. The Morgan fingerprint density at radius 1 is 1.09 bits per heavy atom. The van der Waals surface area contributed by atoms with Crippen LogP contribution in [0.4, 0.5) is 5.69 Å². The summed E-state index contributed by atoms with van der Waals surface area (Å²) < 4.78 is 33.0. The van der Waals surface area contributed by atoms with Gasteiger partial charge in [0.15, 0.2) is 0 Å². The summed E-state index contributed by atoms with van der Waals surface area (Å²) in [5.41, 5.74) is 2.37. The summed E-state index contributed by atoms with van der Waals surface area (Å²) in [4.78, 5) is 12.9. The molecule has 3 aromatic rings. The number of nitrogens with zero attached hydrogens (tertiary/aromatic N) is 3. The second kappa shape index (κ2) is 10.1. The van der Waals surface area contributed by atoms with Crippen molar-refractivity contribution >= 4 is 33.4 Å². The van der Waals surface area contributed by atoms with Crippen LogP contribution in [0, 0.1) is 6.92 Å². The molecule has 1 aliphatic rings. The van der Waals surface area contributed by atoms with Crippen molar-refractivity contribution in [2.24, 2.45) is 0 Å². The molecule has 1 N–H and O–H groups in total. The van der Waals surface area contributed by atoms with Crippen LogP contribution in [0.1, 0.15) is 31.7 Å². The Morgan fingerprint density at radius 2 is 1.82 bits per heavy atom. The molecule has 1 aliphatic heterocycles. The van der Waals surface area contributed by atoms with Crippen molar-refractivity contribution in [3.8, 4) is 11.5 Å². The maximum absolute atomic E-state index is 12.9. The first kappa shape index (κ1) is 23.5. The topological polar surface area (TPSA) is 105 Å². The number of rotatable bonds is 7. The fourth-order valence-corrected chi connectivity index (χ4v) is 5.75.